The number of piperidine rings is 1. The molecule has 1 aromatic carbocycles. The maximum atomic E-state index is 11.2. The summed E-state index contributed by atoms with van der Waals surface area (Å²) in [5, 5.41) is 14.1. The van der Waals surface area contributed by atoms with E-state index in [9.17, 15) is 9.90 Å². The molecule has 0 bridgehead atoms. The fourth-order valence-corrected chi connectivity index (χ4v) is 4.63. The maximum Gasteiger partial charge on any atom is 0.407 e. The molecule has 28 heavy (non-hydrogen) atoms. The van der Waals surface area contributed by atoms with Crippen LogP contribution in [0.15, 0.2) is 36.5 Å². The third-order valence-electron chi connectivity index (χ3n) is 6.39. The summed E-state index contributed by atoms with van der Waals surface area (Å²) in [5.74, 6) is 0. The lowest BCUT2D eigenvalue weighted by Gasteiger charge is -2.38. The van der Waals surface area contributed by atoms with Gasteiger partial charge in [0.15, 0.2) is 0 Å². The van der Waals surface area contributed by atoms with Gasteiger partial charge in [-0.05, 0) is 45.1 Å². The largest absolute Gasteiger partial charge is 0.465 e. The minimum Gasteiger partial charge on any atom is -0.465 e. The molecule has 6 nitrogen and oxygen atoms in total. The highest BCUT2D eigenvalue weighted by atomic mass is 16.4. The van der Waals surface area contributed by atoms with Crippen LogP contribution in [0.1, 0.15) is 44.7 Å². The first-order valence-corrected chi connectivity index (χ1v) is 10.3. The quantitative estimate of drug-likeness (QED) is 0.865. The van der Waals surface area contributed by atoms with Gasteiger partial charge < -0.3 is 10.0 Å². The molecule has 0 atom stereocenters. The zero-order valence-corrected chi connectivity index (χ0v) is 16.8. The Bertz CT molecular complexity index is 822. The summed E-state index contributed by atoms with van der Waals surface area (Å²) < 4.78 is 2.06. The van der Waals surface area contributed by atoms with E-state index in [0.717, 1.165) is 38.2 Å². The number of carboxylic acid groups (broad SMARTS) is 1. The fourth-order valence-electron chi connectivity index (χ4n) is 4.63. The van der Waals surface area contributed by atoms with E-state index < -0.39 is 6.09 Å². The number of carbonyl (C=O) groups is 1. The zero-order valence-electron chi connectivity index (χ0n) is 16.8. The van der Waals surface area contributed by atoms with Crippen LogP contribution >= 0.6 is 0 Å². The first kappa shape index (κ1) is 19.0. The Morgan fingerprint density at radius 3 is 2.46 bits per heavy atom. The number of hydrogen-bond donors (Lipinski definition) is 1. The SMILES string of the molecule is CC(C)n1cc(CN2CCC3(CCN(C(=O)O)CC3)C2)c(-c2ccccc2)n1. The lowest BCUT2D eigenvalue weighted by atomic mass is 9.78. The Labute approximate surface area is 166 Å². The fraction of sp³-hybridized carbons (Fsp3) is 0.545. The minimum atomic E-state index is -0.779. The molecule has 0 saturated carbocycles. The van der Waals surface area contributed by atoms with Crippen molar-refractivity contribution >= 4 is 6.09 Å². The van der Waals surface area contributed by atoms with E-state index in [1.54, 1.807) is 4.90 Å². The molecule has 2 aromatic rings. The van der Waals surface area contributed by atoms with Crippen LogP contribution in [0.2, 0.25) is 0 Å². The summed E-state index contributed by atoms with van der Waals surface area (Å²) in [7, 11) is 0. The lowest BCUT2D eigenvalue weighted by molar-refractivity contribution is 0.0914. The summed E-state index contributed by atoms with van der Waals surface area (Å²) in [6.45, 7) is 8.70. The molecular formula is C22H30N4O2. The number of amides is 1. The lowest BCUT2D eigenvalue weighted by Crippen LogP contribution is -2.43. The van der Waals surface area contributed by atoms with Crippen molar-refractivity contribution < 1.29 is 9.90 Å². The van der Waals surface area contributed by atoms with E-state index in [4.69, 9.17) is 5.10 Å². The molecule has 3 heterocycles. The van der Waals surface area contributed by atoms with Crippen molar-refractivity contribution in [1.29, 1.82) is 0 Å². The molecule has 0 unspecified atom stereocenters. The van der Waals surface area contributed by atoms with Gasteiger partial charge in [0.1, 0.15) is 0 Å². The smallest absolute Gasteiger partial charge is 0.407 e. The molecule has 1 amide bonds. The van der Waals surface area contributed by atoms with E-state index in [1.165, 1.54) is 17.5 Å². The van der Waals surface area contributed by atoms with Crippen LogP contribution in [0.5, 0.6) is 0 Å². The van der Waals surface area contributed by atoms with Crippen molar-refractivity contribution in [3.63, 3.8) is 0 Å². The van der Waals surface area contributed by atoms with Gasteiger partial charge in [0.2, 0.25) is 0 Å². The van der Waals surface area contributed by atoms with Gasteiger partial charge in [-0.1, -0.05) is 30.3 Å². The Balaban J connectivity index is 1.49. The molecule has 150 valence electrons. The molecular weight excluding hydrogens is 352 g/mol. The molecule has 6 heteroatoms. The summed E-state index contributed by atoms with van der Waals surface area (Å²) in [6.07, 6.45) is 4.54. The molecule has 0 radical (unpaired) electrons. The summed E-state index contributed by atoms with van der Waals surface area (Å²) >= 11 is 0. The van der Waals surface area contributed by atoms with Crippen molar-refractivity contribution in [3.8, 4) is 11.3 Å². The van der Waals surface area contributed by atoms with Crippen LogP contribution in [0.3, 0.4) is 0 Å². The van der Waals surface area contributed by atoms with E-state index in [-0.39, 0.29) is 5.41 Å². The Kier molecular flexibility index (Phi) is 5.15. The molecule has 0 aliphatic carbocycles. The number of aromatic nitrogens is 2. The van der Waals surface area contributed by atoms with E-state index in [0.29, 0.717) is 19.1 Å². The highest BCUT2D eigenvalue weighted by molar-refractivity contribution is 5.65. The van der Waals surface area contributed by atoms with Crippen LogP contribution < -0.4 is 0 Å². The van der Waals surface area contributed by atoms with Crippen molar-refractivity contribution in [3.05, 3.63) is 42.1 Å². The molecule has 2 aliphatic heterocycles. The predicted octanol–water partition coefficient (Wildman–Crippen LogP) is 4.10. The van der Waals surface area contributed by atoms with Gasteiger partial charge in [-0.15, -0.1) is 0 Å². The van der Waals surface area contributed by atoms with Crippen LogP contribution in [0.4, 0.5) is 4.79 Å². The molecule has 1 N–H and O–H groups in total. The number of benzene rings is 1. The monoisotopic (exact) mass is 382 g/mol. The molecule has 1 aromatic heterocycles. The van der Waals surface area contributed by atoms with Crippen molar-refractivity contribution in [2.75, 3.05) is 26.2 Å². The van der Waals surface area contributed by atoms with Gasteiger partial charge in [0.25, 0.3) is 0 Å². The standard InChI is InChI=1S/C22H30N4O2/c1-17(2)26-15-19(20(23-26)18-6-4-3-5-7-18)14-24-11-8-22(16-24)9-12-25(13-10-22)21(27)28/h3-7,15,17H,8-14,16H2,1-2H3,(H,27,28). The predicted molar refractivity (Wildman–Crippen MR) is 109 cm³/mol. The average molecular weight is 383 g/mol. The van der Waals surface area contributed by atoms with Crippen molar-refractivity contribution in [1.82, 2.24) is 19.6 Å². The second kappa shape index (κ2) is 7.59. The second-order valence-corrected chi connectivity index (χ2v) is 8.67. The van der Waals surface area contributed by atoms with Gasteiger partial charge in [0.05, 0.1) is 5.69 Å². The van der Waals surface area contributed by atoms with Gasteiger partial charge in [-0.3, -0.25) is 9.58 Å². The van der Waals surface area contributed by atoms with Crippen LogP contribution in [-0.4, -0.2) is 57.0 Å². The van der Waals surface area contributed by atoms with Gasteiger partial charge >= 0.3 is 6.09 Å². The molecule has 1 spiro atoms. The Hall–Kier alpha value is -2.34. The minimum absolute atomic E-state index is 0.285. The summed E-state index contributed by atoms with van der Waals surface area (Å²) in [6, 6.07) is 10.8. The summed E-state index contributed by atoms with van der Waals surface area (Å²) in [4.78, 5) is 15.3. The number of rotatable bonds is 4. The topological polar surface area (TPSA) is 61.6 Å². The van der Waals surface area contributed by atoms with Crippen LogP contribution in [0.25, 0.3) is 11.3 Å². The highest BCUT2D eigenvalue weighted by Gasteiger charge is 2.41. The van der Waals surface area contributed by atoms with Gasteiger partial charge in [-0.25, -0.2) is 4.79 Å². The Morgan fingerprint density at radius 1 is 1.14 bits per heavy atom. The number of nitrogens with zero attached hydrogens (tertiary/aromatic N) is 4. The van der Waals surface area contributed by atoms with E-state index in [1.807, 2.05) is 6.07 Å². The van der Waals surface area contributed by atoms with Crippen molar-refractivity contribution in [2.24, 2.45) is 5.41 Å². The molecule has 2 aliphatic rings. The number of hydrogen-bond acceptors (Lipinski definition) is 3. The average Bonchev–Trinajstić information content (AvgIpc) is 3.28. The first-order chi connectivity index (χ1) is 13.5. The van der Waals surface area contributed by atoms with Crippen molar-refractivity contribution in [2.45, 2.75) is 45.7 Å². The normalized spacial score (nSPS) is 19.6. The highest BCUT2D eigenvalue weighted by Crippen LogP contribution is 2.41. The van der Waals surface area contributed by atoms with E-state index >= 15 is 0 Å². The summed E-state index contributed by atoms with van der Waals surface area (Å²) in [5.41, 5.74) is 3.81. The number of likely N-dealkylation sites (tertiary alicyclic amines) is 2. The third kappa shape index (κ3) is 3.78. The maximum absolute atomic E-state index is 11.2. The third-order valence-corrected chi connectivity index (χ3v) is 6.39. The van der Waals surface area contributed by atoms with Gasteiger partial charge in [-0.2, -0.15) is 5.10 Å². The van der Waals surface area contributed by atoms with Crippen LogP contribution in [0, 0.1) is 5.41 Å². The van der Waals surface area contributed by atoms with Gasteiger partial charge in [0, 0.05) is 49.5 Å². The molecule has 4 rings (SSSR count). The Morgan fingerprint density at radius 2 is 1.82 bits per heavy atom. The van der Waals surface area contributed by atoms with E-state index in [2.05, 4.69) is 53.9 Å². The van der Waals surface area contributed by atoms with Crippen LogP contribution in [-0.2, 0) is 6.54 Å². The molecule has 2 fully saturated rings. The second-order valence-electron chi connectivity index (χ2n) is 8.67. The molecule has 2 saturated heterocycles. The first-order valence-electron chi connectivity index (χ1n) is 10.3. The zero-order chi connectivity index (χ0) is 19.7.